The van der Waals surface area contributed by atoms with Gasteiger partial charge in [0.2, 0.25) is 11.6 Å². The van der Waals surface area contributed by atoms with Crippen molar-refractivity contribution < 1.29 is 31.9 Å². The van der Waals surface area contributed by atoms with Crippen molar-refractivity contribution in [1.82, 2.24) is 10.2 Å². The van der Waals surface area contributed by atoms with Crippen LogP contribution in [0.4, 0.5) is 33.9 Å². The van der Waals surface area contributed by atoms with Crippen molar-refractivity contribution in [2.24, 2.45) is 10.7 Å². The van der Waals surface area contributed by atoms with Gasteiger partial charge < -0.3 is 15.4 Å². The minimum Gasteiger partial charge on any atom is -0.443 e. The van der Waals surface area contributed by atoms with Gasteiger partial charge in [-0.05, 0) is 39.0 Å². The van der Waals surface area contributed by atoms with Gasteiger partial charge in [0.15, 0.2) is 5.82 Å². The third-order valence-corrected chi connectivity index (χ3v) is 5.78. The summed E-state index contributed by atoms with van der Waals surface area (Å²) < 4.78 is 57.4. The summed E-state index contributed by atoms with van der Waals surface area (Å²) in [5.41, 5.74) is 4.14. The Bertz CT molecular complexity index is 1250. The number of ketones is 1. The van der Waals surface area contributed by atoms with E-state index >= 15 is 0 Å². The number of alkyl halides is 3. The molecule has 2 aromatic rings. The first kappa shape index (κ1) is 28.4. The SMILES string of the molecule is CC(C)(C)OC(=O)N1CCN(Cc2c(Cl)ccc(F)c2Cl)c2cc(C(=O)CN=C(N)C(F)(F)F)nnc21. The fourth-order valence-electron chi connectivity index (χ4n) is 3.28. The first-order valence-corrected chi connectivity index (χ1v) is 11.5. The Balaban J connectivity index is 2.01. The van der Waals surface area contributed by atoms with Crippen LogP contribution in [-0.4, -0.2) is 59.3 Å². The molecule has 9 nitrogen and oxygen atoms in total. The molecule has 1 amide bonds. The van der Waals surface area contributed by atoms with Crippen molar-refractivity contribution in [3.05, 3.63) is 45.3 Å². The fourth-order valence-corrected chi connectivity index (χ4v) is 3.77. The van der Waals surface area contributed by atoms with Gasteiger partial charge in [0.25, 0.3) is 0 Å². The van der Waals surface area contributed by atoms with E-state index in [2.05, 4.69) is 15.2 Å². The zero-order chi connectivity index (χ0) is 27.7. The van der Waals surface area contributed by atoms with Crippen LogP contribution in [0.15, 0.2) is 23.2 Å². The zero-order valence-corrected chi connectivity index (χ0v) is 21.4. The van der Waals surface area contributed by atoms with Crippen LogP contribution in [0.3, 0.4) is 0 Å². The smallest absolute Gasteiger partial charge is 0.443 e. The number of rotatable bonds is 5. The van der Waals surface area contributed by atoms with Gasteiger partial charge >= 0.3 is 12.3 Å². The number of hydrogen-bond acceptors (Lipinski definition) is 7. The predicted octanol–water partition coefficient (Wildman–Crippen LogP) is 4.79. The monoisotopic (exact) mass is 564 g/mol. The Hall–Kier alpha value is -3.19. The molecule has 1 aromatic carbocycles. The summed E-state index contributed by atoms with van der Waals surface area (Å²) in [5.74, 6) is -3.25. The van der Waals surface area contributed by atoms with Crippen LogP contribution in [0.1, 0.15) is 36.8 Å². The summed E-state index contributed by atoms with van der Waals surface area (Å²) in [6.07, 6.45) is -5.62. The van der Waals surface area contributed by atoms with Gasteiger partial charge in [0.1, 0.15) is 23.7 Å². The Labute approximate surface area is 219 Å². The van der Waals surface area contributed by atoms with Crippen LogP contribution >= 0.6 is 23.2 Å². The molecule has 0 unspecified atom stereocenters. The van der Waals surface area contributed by atoms with Gasteiger partial charge in [-0.2, -0.15) is 13.2 Å². The Morgan fingerprint density at radius 3 is 2.46 bits per heavy atom. The van der Waals surface area contributed by atoms with Crippen LogP contribution in [-0.2, 0) is 11.3 Å². The summed E-state index contributed by atoms with van der Waals surface area (Å²) in [5, 5.41) is 7.72. The van der Waals surface area contributed by atoms with E-state index in [0.717, 1.165) is 6.07 Å². The fraction of sp³-hybridized carbons (Fsp3) is 0.409. The van der Waals surface area contributed by atoms with Gasteiger partial charge in [0.05, 0.1) is 10.7 Å². The number of anilines is 2. The van der Waals surface area contributed by atoms with Crippen LogP contribution in [0.2, 0.25) is 10.0 Å². The number of Topliss-reactive ketones (excluding diaryl/α,β-unsaturated/α-hetero) is 1. The molecule has 2 N–H and O–H groups in total. The lowest BCUT2D eigenvalue weighted by Gasteiger charge is -2.37. The number of nitrogens with zero attached hydrogens (tertiary/aromatic N) is 5. The molecule has 1 aliphatic heterocycles. The highest BCUT2D eigenvalue weighted by Crippen LogP contribution is 2.36. The number of halogens is 6. The van der Waals surface area contributed by atoms with Gasteiger partial charge in [-0.1, -0.05) is 23.2 Å². The number of carbonyl (C=O) groups is 2. The Morgan fingerprint density at radius 1 is 1.16 bits per heavy atom. The van der Waals surface area contributed by atoms with Crippen molar-refractivity contribution in [2.45, 2.75) is 39.1 Å². The number of amides is 1. The number of amidine groups is 1. The van der Waals surface area contributed by atoms with E-state index in [1.54, 1.807) is 25.7 Å². The van der Waals surface area contributed by atoms with E-state index in [9.17, 15) is 27.2 Å². The number of ether oxygens (including phenoxy) is 1. The summed E-state index contributed by atoms with van der Waals surface area (Å²) in [6.45, 7) is 4.30. The van der Waals surface area contributed by atoms with Gasteiger partial charge in [0, 0.05) is 30.2 Å². The molecule has 1 aliphatic rings. The molecule has 15 heteroatoms. The second-order valence-electron chi connectivity index (χ2n) is 8.94. The van der Waals surface area contributed by atoms with Crippen LogP contribution in [0, 0.1) is 5.82 Å². The lowest BCUT2D eigenvalue weighted by molar-refractivity contribution is -0.0599. The molecule has 200 valence electrons. The van der Waals surface area contributed by atoms with Crippen LogP contribution < -0.4 is 15.5 Å². The Morgan fingerprint density at radius 2 is 1.84 bits per heavy atom. The quantitative estimate of drug-likeness (QED) is 0.182. The second kappa shape index (κ2) is 10.7. The largest absolute Gasteiger partial charge is 0.448 e. The number of nitrogens with two attached hydrogens (primary N) is 1. The average molecular weight is 565 g/mol. The minimum atomic E-state index is -4.89. The van der Waals surface area contributed by atoms with Crippen molar-refractivity contribution in [3.8, 4) is 0 Å². The van der Waals surface area contributed by atoms with Crippen LogP contribution in [0.25, 0.3) is 0 Å². The molecule has 0 atom stereocenters. The maximum Gasteiger partial charge on any atom is 0.448 e. The van der Waals surface area contributed by atoms with Gasteiger partial charge in [-0.15, -0.1) is 10.2 Å². The molecule has 0 spiro atoms. The van der Waals surface area contributed by atoms with E-state index in [4.69, 9.17) is 33.7 Å². The normalized spacial score (nSPS) is 14.5. The predicted molar refractivity (Wildman–Crippen MR) is 130 cm³/mol. The molecule has 3 rings (SSSR count). The number of hydrogen-bond donors (Lipinski definition) is 1. The van der Waals surface area contributed by atoms with E-state index < -0.39 is 41.9 Å². The van der Waals surface area contributed by atoms with E-state index in [1.165, 1.54) is 17.0 Å². The molecular weight excluding hydrogens is 543 g/mol. The first-order chi connectivity index (χ1) is 17.1. The summed E-state index contributed by atoms with van der Waals surface area (Å²) >= 11 is 12.3. The first-order valence-electron chi connectivity index (χ1n) is 10.7. The van der Waals surface area contributed by atoms with E-state index in [1.807, 2.05) is 0 Å². The highest BCUT2D eigenvalue weighted by atomic mass is 35.5. The molecule has 37 heavy (non-hydrogen) atoms. The summed E-state index contributed by atoms with van der Waals surface area (Å²) in [4.78, 5) is 31.2. The number of carbonyl (C=O) groups excluding carboxylic acids is 2. The lowest BCUT2D eigenvalue weighted by atomic mass is 10.1. The minimum absolute atomic E-state index is 0.0130. The summed E-state index contributed by atoms with van der Waals surface area (Å²) in [6, 6.07) is 3.68. The molecular formula is C22H22Cl2F4N6O3. The molecule has 0 radical (unpaired) electrons. The van der Waals surface area contributed by atoms with Gasteiger partial charge in [-0.25, -0.2) is 9.18 Å². The lowest BCUT2D eigenvalue weighted by Crippen LogP contribution is -2.46. The van der Waals surface area contributed by atoms with Crippen molar-refractivity contribution >= 4 is 52.4 Å². The molecule has 0 saturated heterocycles. The molecule has 0 saturated carbocycles. The maximum atomic E-state index is 14.1. The topological polar surface area (TPSA) is 114 Å². The highest BCUT2D eigenvalue weighted by Gasteiger charge is 2.35. The third-order valence-electron chi connectivity index (χ3n) is 5.02. The highest BCUT2D eigenvalue weighted by molar-refractivity contribution is 6.36. The number of aliphatic imine (C=N–C) groups is 1. The molecule has 0 bridgehead atoms. The number of fused-ring (bicyclic) bond motifs is 1. The van der Waals surface area contributed by atoms with Crippen molar-refractivity contribution in [1.29, 1.82) is 0 Å². The molecule has 1 aromatic heterocycles. The Kier molecular flexibility index (Phi) is 8.18. The average Bonchev–Trinajstić information content (AvgIpc) is 2.80. The van der Waals surface area contributed by atoms with Crippen molar-refractivity contribution in [3.63, 3.8) is 0 Å². The number of benzene rings is 1. The van der Waals surface area contributed by atoms with E-state index in [-0.39, 0.29) is 52.4 Å². The number of aromatic nitrogens is 2. The summed E-state index contributed by atoms with van der Waals surface area (Å²) in [7, 11) is 0. The second-order valence-corrected chi connectivity index (χ2v) is 9.72. The van der Waals surface area contributed by atoms with Crippen molar-refractivity contribution in [2.75, 3.05) is 29.4 Å². The van der Waals surface area contributed by atoms with E-state index in [0.29, 0.717) is 0 Å². The van der Waals surface area contributed by atoms with Gasteiger partial charge in [-0.3, -0.25) is 14.7 Å². The standard InChI is InChI=1S/C22H22Cl2F4N6O3/c1-21(2,3)37-20(36)34-7-6-33(10-11-12(23)4-5-13(25)17(11)24)15-8-14(31-32-18(15)34)16(35)9-30-19(29)22(26,27)28/h4-5,8H,6-7,9-10H2,1-3H3,(H2,29,30). The molecule has 2 heterocycles. The third kappa shape index (κ3) is 6.77. The zero-order valence-electron chi connectivity index (χ0n) is 19.9. The molecule has 0 fully saturated rings. The van der Waals surface area contributed by atoms with Crippen LogP contribution in [0.5, 0.6) is 0 Å². The maximum absolute atomic E-state index is 14.1. The molecule has 0 aliphatic carbocycles.